The van der Waals surface area contributed by atoms with Crippen molar-refractivity contribution < 1.29 is 4.39 Å². The van der Waals surface area contributed by atoms with Gasteiger partial charge in [0.2, 0.25) is 0 Å². The Hall–Kier alpha value is -0.910. The lowest BCUT2D eigenvalue weighted by molar-refractivity contribution is 0.582. The molecule has 1 aromatic heterocycles. The number of thioether (sulfide) groups is 1. The van der Waals surface area contributed by atoms with Gasteiger partial charge in [0.1, 0.15) is 10.8 Å². The smallest absolute Gasteiger partial charge is 0.124 e. The van der Waals surface area contributed by atoms with Gasteiger partial charge in [0.15, 0.2) is 0 Å². The highest BCUT2D eigenvalue weighted by Crippen LogP contribution is 2.24. The van der Waals surface area contributed by atoms with E-state index in [2.05, 4.69) is 29.5 Å². The first-order chi connectivity index (χ1) is 9.13. The van der Waals surface area contributed by atoms with E-state index in [4.69, 9.17) is 0 Å². The van der Waals surface area contributed by atoms with E-state index >= 15 is 0 Å². The molecule has 1 heterocycles. The highest BCUT2D eigenvalue weighted by molar-refractivity contribution is 7.98. The van der Waals surface area contributed by atoms with E-state index in [9.17, 15) is 4.39 Å². The lowest BCUT2D eigenvalue weighted by Gasteiger charge is -2.04. The molecule has 2 aromatic rings. The number of thiazole rings is 1. The van der Waals surface area contributed by atoms with Gasteiger partial charge in [0, 0.05) is 22.9 Å². The van der Waals surface area contributed by atoms with Crippen LogP contribution >= 0.6 is 23.1 Å². The van der Waals surface area contributed by atoms with Gasteiger partial charge in [-0.1, -0.05) is 19.9 Å². The van der Waals surface area contributed by atoms with Gasteiger partial charge >= 0.3 is 0 Å². The monoisotopic (exact) mass is 296 g/mol. The maximum absolute atomic E-state index is 13.0. The average Bonchev–Trinajstić information content (AvgIpc) is 2.82. The predicted octanol–water partition coefficient (Wildman–Crippen LogP) is 4.07. The van der Waals surface area contributed by atoms with Crippen LogP contribution in [0.4, 0.5) is 4.39 Å². The van der Waals surface area contributed by atoms with Gasteiger partial charge in [-0.25, -0.2) is 9.37 Å². The number of hydrogen-bond acceptors (Lipinski definition) is 4. The second-order valence-corrected chi connectivity index (χ2v) is 6.51. The van der Waals surface area contributed by atoms with E-state index in [1.165, 1.54) is 6.07 Å². The maximum Gasteiger partial charge on any atom is 0.124 e. The molecule has 0 unspecified atom stereocenters. The Kier molecular flexibility index (Phi) is 5.36. The molecule has 0 aliphatic heterocycles. The molecule has 19 heavy (non-hydrogen) atoms. The van der Waals surface area contributed by atoms with Crippen molar-refractivity contribution in [1.29, 1.82) is 0 Å². The highest BCUT2D eigenvalue weighted by Gasteiger charge is 2.04. The Morgan fingerprint density at radius 2 is 2.26 bits per heavy atom. The maximum atomic E-state index is 13.0. The fourth-order valence-electron chi connectivity index (χ4n) is 1.51. The predicted molar refractivity (Wildman–Crippen MR) is 80.1 cm³/mol. The minimum atomic E-state index is -0.189. The number of nitrogens with one attached hydrogen (secondary N) is 1. The van der Waals surface area contributed by atoms with E-state index < -0.39 is 0 Å². The van der Waals surface area contributed by atoms with Crippen molar-refractivity contribution in [2.24, 2.45) is 0 Å². The van der Waals surface area contributed by atoms with Crippen LogP contribution in [0.15, 0.2) is 34.5 Å². The molecule has 0 amide bonds. The van der Waals surface area contributed by atoms with E-state index in [1.54, 1.807) is 35.2 Å². The van der Waals surface area contributed by atoms with Crippen molar-refractivity contribution in [1.82, 2.24) is 10.3 Å². The van der Waals surface area contributed by atoms with E-state index in [0.29, 0.717) is 6.04 Å². The molecule has 0 spiro atoms. The number of rotatable bonds is 6. The van der Waals surface area contributed by atoms with Gasteiger partial charge in [-0.15, -0.1) is 23.1 Å². The summed E-state index contributed by atoms with van der Waals surface area (Å²) in [5.41, 5.74) is 1.08. The van der Waals surface area contributed by atoms with Crippen LogP contribution in [0.25, 0.3) is 0 Å². The summed E-state index contributed by atoms with van der Waals surface area (Å²) < 4.78 is 13.0. The Morgan fingerprint density at radius 3 is 3.00 bits per heavy atom. The standard InChI is InChI=1S/C14H17FN2S2/c1-10(2)16-7-12-8-19-14(17-12)9-18-13-5-3-4-11(15)6-13/h3-6,8,10,16H,7,9H2,1-2H3. The molecular weight excluding hydrogens is 279 g/mol. The first-order valence-corrected chi connectivity index (χ1v) is 8.05. The van der Waals surface area contributed by atoms with Gasteiger partial charge in [-0.05, 0) is 18.2 Å². The first kappa shape index (κ1) is 14.5. The first-order valence-electron chi connectivity index (χ1n) is 6.18. The number of hydrogen-bond donors (Lipinski definition) is 1. The molecule has 102 valence electrons. The van der Waals surface area contributed by atoms with Crippen LogP contribution in [0.3, 0.4) is 0 Å². The number of nitrogens with zero attached hydrogens (tertiary/aromatic N) is 1. The van der Waals surface area contributed by atoms with Crippen molar-refractivity contribution in [3.63, 3.8) is 0 Å². The van der Waals surface area contributed by atoms with Gasteiger partial charge in [0.25, 0.3) is 0 Å². The van der Waals surface area contributed by atoms with Gasteiger partial charge in [0.05, 0.1) is 11.4 Å². The summed E-state index contributed by atoms with van der Waals surface area (Å²) in [6, 6.07) is 7.13. The fraction of sp³-hybridized carbons (Fsp3) is 0.357. The normalized spacial score (nSPS) is 11.2. The molecule has 2 rings (SSSR count). The van der Waals surface area contributed by atoms with Crippen molar-refractivity contribution in [2.75, 3.05) is 0 Å². The van der Waals surface area contributed by atoms with Gasteiger partial charge < -0.3 is 5.32 Å². The van der Waals surface area contributed by atoms with Crippen LogP contribution in [0.1, 0.15) is 24.5 Å². The molecule has 5 heteroatoms. The van der Waals surface area contributed by atoms with Crippen LogP contribution in [-0.4, -0.2) is 11.0 Å². The van der Waals surface area contributed by atoms with Gasteiger partial charge in [-0.2, -0.15) is 0 Å². The van der Waals surface area contributed by atoms with E-state index in [0.717, 1.165) is 27.9 Å². The Labute approximate surface area is 121 Å². The molecule has 0 saturated heterocycles. The van der Waals surface area contributed by atoms with Crippen molar-refractivity contribution >= 4 is 23.1 Å². The zero-order valence-corrected chi connectivity index (χ0v) is 12.7. The number of halogens is 1. The molecule has 0 saturated carbocycles. The Balaban J connectivity index is 1.86. The summed E-state index contributed by atoms with van der Waals surface area (Å²) in [6.07, 6.45) is 0. The Bertz CT molecular complexity index is 526. The largest absolute Gasteiger partial charge is 0.309 e. The second kappa shape index (κ2) is 7.03. The van der Waals surface area contributed by atoms with Gasteiger partial charge in [-0.3, -0.25) is 0 Å². The minimum absolute atomic E-state index is 0.189. The SMILES string of the molecule is CC(C)NCc1csc(CSc2cccc(F)c2)n1. The Morgan fingerprint density at radius 1 is 1.42 bits per heavy atom. The molecule has 0 bridgehead atoms. The molecule has 0 atom stereocenters. The third-order valence-electron chi connectivity index (χ3n) is 2.45. The van der Waals surface area contributed by atoms with Crippen molar-refractivity contribution in [3.05, 3.63) is 46.2 Å². The lowest BCUT2D eigenvalue weighted by Crippen LogP contribution is -2.21. The molecule has 0 aliphatic rings. The summed E-state index contributed by atoms with van der Waals surface area (Å²) in [5, 5.41) is 6.50. The summed E-state index contributed by atoms with van der Waals surface area (Å²) in [7, 11) is 0. The number of benzene rings is 1. The zero-order valence-electron chi connectivity index (χ0n) is 11.0. The zero-order chi connectivity index (χ0) is 13.7. The van der Waals surface area contributed by atoms with Crippen LogP contribution < -0.4 is 5.32 Å². The average molecular weight is 296 g/mol. The molecule has 0 aliphatic carbocycles. The van der Waals surface area contributed by atoms with Crippen molar-refractivity contribution in [2.45, 2.75) is 37.1 Å². The molecule has 2 nitrogen and oxygen atoms in total. The lowest BCUT2D eigenvalue weighted by atomic mass is 10.4. The second-order valence-electron chi connectivity index (χ2n) is 4.51. The van der Waals surface area contributed by atoms with Crippen LogP contribution in [-0.2, 0) is 12.3 Å². The molecule has 1 aromatic carbocycles. The number of aromatic nitrogens is 1. The summed E-state index contributed by atoms with van der Waals surface area (Å²) in [6.45, 7) is 5.04. The third kappa shape index (κ3) is 4.93. The highest BCUT2D eigenvalue weighted by atomic mass is 32.2. The third-order valence-corrected chi connectivity index (χ3v) is 4.53. The van der Waals surface area contributed by atoms with Crippen LogP contribution in [0.2, 0.25) is 0 Å². The minimum Gasteiger partial charge on any atom is -0.309 e. The van der Waals surface area contributed by atoms with Crippen molar-refractivity contribution in [3.8, 4) is 0 Å². The van der Waals surface area contributed by atoms with Crippen LogP contribution in [0.5, 0.6) is 0 Å². The van der Waals surface area contributed by atoms with Crippen LogP contribution in [0, 0.1) is 5.82 Å². The van der Waals surface area contributed by atoms with E-state index in [-0.39, 0.29) is 5.82 Å². The summed E-state index contributed by atoms with van der Waals surface area (Å²) in [5.74, 6) is 0.599. The fourth-order valence-corrected chi connectivity index (χ4v) is 3.26. The molecule has 0 radical (unpaired) electrons. The summed E-state index contributed by atoms with van der Waals surface area (Å²) >= 11 is 3.27. The molecular formula is C14H17FN2S2. The summed E-state index contributed by atoms with van der Waals surface area (Å²) in [4.78, 5) is 5.50. The molecule has 0 fully saturated rings. The quantitative estimate of drug-likeness (QED) is 0.813. The van der Waals surface area contributed by atoms with E-state index in [1.807, 2.05) is 6.07 Å². The molecule has 1 N–H and O–H groups in total. The topological polar surface area (TPSA) is 24.9 Å².